The third kappa shape index (κ3) is 1.62. The van der Waals surface area contributed by atoms with E-state index >= 15 is 0 Å². The zero-order chi connectivity index (χ0) is 10.0. The first-order valence-electron chi connectivity index (χ1n) is 3.96. The standard InChI is InChI=1S/C9H13NO3/c1-6-5-10(11)9(13-4)7(2)8(6)12-3/h9H,1-4H3/q+1. The molecule has 1 atom stereocenters. The highest BCUT2D eigenvalue weighted by atomic mass is 16.5. The molecule has 0 amide bonds. The van der Waals surface area contributed by atoms with Crippen molar-refractivity contribution < 1.29 is 14.2 Å². The van der Waals surface area contributed by atoms with Gasteiger partial charge in [-0.05, 0) is 13.8 Å². The minimum Gasteiger partial charge on any atom is -0.496 e. The molecule has 0 saturated heterocycles. The third-order valence-electron chi connectivity index (χ3n) is 1.99. The summed E-state index contributed by atoms with van der Waals surface area (Å²) in [6.07, 6.45) is 1.99. The number of ether oxygens (including phenoxy) is 2. The Morgan fingerprint density at radius 3 is 2.46 bits per heavy atom. The van der Waals surface area contributed by atoms with E-state index in [1.165, 1.54) is 7.11 Å². The van der Waals surface area contributed by atoms with E-state index in [1.807, 2.05) is 6.92 Å². The predicted octanol–water partition coefficient (Wildman–Crippen LogP) is 1.38. The molecule has 4 nitrogen and oxygen atoms in total. The van der Waals surface area contributed by atoms with E-state index in [1.54, 1.807) is 14.0 Å². The summed E-state index contributed by atoms with van der Waals surface area (Å²) in [5, 5.41) is 0. The van der Waals surface area contributed by atoms with Crippen LogP contribution in [-0.4, -0.2) is 25.2 Å². The number of nitrogens with zero attached hydrogens (tertiary/aromatic N) is 1. The molecule has 0 aromatic heterocycles. The van der Waals surface area contributed by atoms with Crippen molar-refractivity contribution in [3.8, 4) is 0 Å². The number of allylic oxidation sites excluding steroid dienone is 1. The maximum Gasteiger partial charge on any atom is 0.341 e. The fourth-order valence-electron chi connectivity index (χ4n) is 1.45. The lowest BCUT2D eigenvalue weighted by Crippen LogP contribution is -2.28. The van der Waals surface area contributed by atoms with Gasteiger partial charge in [-0.25, -0.2) is 0 Å². The van der Waals surface area contributed by atoms with Crippen molar-refractivity contribution in [2.24, 2.45) is 0 Å². The first kappa shape index (κ1) is 9.92. The molecule has 1 rings (SSSR count). The number of methoxy groups -OCH3 is 2. The van der Waals surface area contributed by atoms with Gasteiger partial charge in [-0.15, -0.1) is 0 Å². The topological polar surface area (TPSA) is 38.5 Å². The van der Waals surface area contributed by atoms with Gasteiger partial charge in [0.2, 0.25) is 0 Å². The highest BCUT2D eigenvalue weighted by Crippen LogP contribution is 2.24. The molecule has 1 aliphatic heterocycles. The molecule has 4 heteroatoms. The number of rotatable bonds is 2. The number of hydrogen-bond acceptors (Lipinski definition) is 3. The number of hydrogen-bond donors (Lipinski definition) is 0. The molecule has 0 aromatic carbocycles. The van der Waals surface area contributed by atoms with Crippen molar-refractivity contribution in [2.45, 2.75) is 20.1 Å². The summed E-state index contributed by atoms with van der Waals surface area (Å²) in [6.45, 7) is 3.58. The van der Waals surface area contributed by atoms with Gasteiger partial charge in [0.15, 0.2) is 0 Å². The summed E-state index contributed by atoms with van der Waals surface area (Å²) in [7, 11) is 3.05. The highest BCUT2D eigenvalue weighted by molar-refractivity contribution is 5.28. The Balaban J connectivity index is 3.10. The summed E-state index contributed by atoms with van der Waals surface area (Å²) < 4.78 is 10.8. The molecular formula is C9H13NO3+. The Hall–Kier alpha value is -1.16. The van der Waals surface area contributed by atoms with Gasteiger partial charge in [-0.1, -0.05) is 0 Å². The molecule has 0 bridgehead atoms. The lowest BCUT2D eigenvalue weighted by molar-refractivity contribution is -0.576. The SMILES string of the molecule is COC1=C(C)C(OC)[N+](=O)[C]=C1C. The van der Waals surface area contributed by atoms with Gasteiger partial charge in [-0.3, -0.25) is 0 Å². The Morgan fingerprint density at radius 1 is 1.38 bits per heavy atom. The van der Waals surface area contributed by atoms with Gasteiger partial charge >= 0.3 is 12.4 Å². The Labute approximate surface area is 77.4 Å². The molecule has 0 saturated carbocycles. The van der Waals surface area contributed by atoms with Crippen molar-refractivity contribution in [1.29, 1.82) is 0 Å². The maximum atomic E-state index is 11.3. The molecule has 0 spiro atoms. The normalized spacial score (nSPS) is 23.2. The summed E-state index contributed by atoms with van der Waals surface area (Å²) in [6, 6.07) is 0. The van der Waals surface area contributed by atoms with E-state index in [0.29, 0.717) is 16.1 Å². The quantitative estimate of drug-likeness (QED) is 0.607. The van der Waals surface area contributed by atoms with Crippen LogP contribution in [0.2, 0.25) is 0 Å². The van der Waals surface area contributed by atoms with Crippen molar-refractivity contribution in [3.63, 3.8) is 0 Å². The number of nitroso groups, excluding NO2 is 1. The van der Waals surface area contributed by atoms with E-state index in [-0.39, 0.29) is 0 Å². The largest absolute Gasteiger partial charge is 0.496 e. The molecule has 1 radical (unpaired) electrons. The van der Waals surface area contributed by atoms with Crippen molar-refractivity contribution in [2.75, 3.05) is 14.2 Å². The molecule has 71 valence electrons. The molecule has 1 heterocycles. The lowest BCUT2D eigenvalue weighted by atomic mass is 10.1. The fourth-order valence-corrected chi connectivity index (χ4v) is 1.45. The summed E-state index contributed by atoms with van der Waals surface area (Å²) >= 11 is 0. The summed E-state index contributed by atoms with van der Waals surface area (Å²) in [5.41, 5.74) is 1.47. The van der Waals surface area contributed by atoms with Crippen molar-refractivity contribution >= 4 is 0 Å². The molecule has 0 N–H and O–H groups in total. The minimum absolute atomic E-state index is 0.612. The van der Waals surface area contributed by atoms with Crippen LogP contribution in [-0.2, 0) is 9.47 Å². The van der Waals surface area contributed by atoms with E-state index in [2.05, 4.69) is 6.20 Å². The first-order chi connectivity index (χ1) is 6.11. The van der Waals surface area contributed by atoms with Gasteiger partial charge in [-0.2, -0.15) is 0 Å². The molecular weight excluding hydrogens is 170 g/mol. The monoisotopic (exact) mass is 183 g/mol. The second-order valence-electron chi connectivity index (χ2n) is 2.87. The molecule has 13 heavy (non-hydrogen) atoms. The zero-order valence-corrected chi connectivity index (χ0v) is 8.25. The van der Waals surface area contributed by atoms with Crippen LogP contribution >= 0.6 is 0 Å². The molecule has 1 aliphatic rings. The Kier molecular flexibility index (Phi) is 2.83. The van der Waals surface area contributed by atoms with Crippen LogP contribution in [0.1, 0.15) is 13.8 Å². The highest BCUT2D eigenvalue weighted by Gasteiger charge is 2.35. The van der Waals surface area contributed by atoms with Gasteiger partial charge in [0.1, 0.15) is 5.76 Å². The van der Waals surface area contributed by atoms with Gasteiger partial charge in [0.05, 0.1) is 23.0 Å². The minimum atomic E-state index is -0.612. The average molecular weight is 183 g/mol. The van der Waals surface area contributed by atoms with Crippen LogP contribution in [0.15, 0.2) is 16.9 Å². The summed E-state index contributed by atoms with van der Waals surface area (Å²) in [4.78, 5) is 11.3. The fraction of sp³-hybridized carbons (Fsp3) is 0.556. The van der Waals surface area contributed by atoms with Crippen LogP contribution in [0.5, 0.6) is 0 Å². The van der Waals surface area contributed by atoms with Crippen LogP contribution < -0.4 is 0 Å². The van der Waals surface area contributed by atoms with Crippen LogP contribution in [0, 0.1) is 11.1 Å². The van der Waals surface area contributed by atoms with E-state index in [0.717, 1.165) is 5.57 Å². The lowest BCUT2D eigenvalue weighted by Gasteiger charge is -2.15. The smallest absolute Gasteiger partial charge is 0.341 e. The van der Waals surface area contributed by atoms with Gasteiger partial charge in [0.25, 0.3) is 0 Å². The maximum absolute atomic E-state index is 11.3. The van der Waals surface area contributed by atoms with E-state index < -0.39 is 6.23 Å². The Bertz CT molecular complexity index is 291. The molecule has 0 fully saturated rings. The molecule has 0 aromatic rings. The van der Waals surface area contributed by atoms with Gasteiger partial charge in [0, 0.05) is 12.0 Å². The van der Waals surface area contributed by atoms with E-state index in [4.69, 9.17) is 9.47 Å². The third-order valence-corrected chi connectivity index (χ3v) is 1.99. The molecule has 0 aliphatic carbocycles. The second-order valence-corrected chi connectivity index (χ2v) is 2.87. The second kappa shape index (κ2) is 3.70. The molecule has 1 unspecified atom stereocenters. The first-order valence-corrected chi connectivity index (χ1v) is 3.96. The van der Waals surface area contributed by atoms with Crippen molar-refractivity contribution in [1.82, 2.24) is 0 Å². The van der Waals surface area contributed by atoms with Crippen LogP contribution in [0.25, 0.3) is 0 Å². The predicted molar refractivity (Wildman–Crippen MR) is 46.6 cm³/mol. The van der Waals surface area contributed by atoms with Crippen LogP contribution in [0.3, 0.4) is 0 Å². The van der Waals surface area contributed by atoms with Crippen LogP contribution in [0.4, 0.5) is 0 Å². The summed E-state index contributed by atoms with van der Waals surface area (Å²) in [5.74, 6) is 0.680. The average Bonchev–Trinajstić information content (AvgIpc) is 2.04. The van der Waals surface area contributed by atoms with Gasteiger partial charge < -0.3 is 9.47 Å². The van der Waals surface area contributed by atoms with E-state index in [9.17, 15) is 4.91 Å². The zero-order valence-electron chi connectivity index (χ0n) is 8.25. The Morgan fingerprint density at radius 2 is 2.00 bits per heavy atom. The van der Waals surface area contributed by atoms with Crippen molar-refractivity contribution in [3.05, 3.63) is 28.0 Å².